The maximum Gasteiger partial charge on any atom is 0.341 e. The van der Waals surface area contributed by atoms with Gasteiger partial charge >= 0.3 is 5.97 Å². The van der Waals surface area contributed by atoms with Crippen LogP contribution in [-0.4, -0.2) is 50.4 Å². The summed E-state index contributed by atoms with van der Waals surface area (Å²) in [6.07, 6.45) is 8.31. The number of piperidine rings is 1. The average molecular weight is 303 g/mol. The third-order valence-corrected chi connectivity index (χ3v) is 3.99. The predicted octanol–water partition coefficient (Wildman–Crippen LogP) is 1.29. The molecule has 3 rings (SSSR count). The minimum atomic E-state index is -0.595. The van der Waals surface area contributed by atoms with Crippen molar-refractivity contribution in [3.8, 4) is 0 Å². The van der Waals surface area contributed by atoms with Crippen molar-refractivity contribution in [1.82, 2.24) is 24.8 Å². The van der Waals surface area contributed by atoms with Gasteiger partial charge in [0.1, 0.15) is 6.33 Å². The molecular formula is C15H21N5O2. The highest BCUT2D eigenvalue weighted by molar-refractivity contribution is 5.78. The van der Waals surface area contributed by atoms with Gasteiger partial charge < -0.3 is 9.74 Å². The van der Waals surface area contributed by atoms with Crippen LogP contribution in [0.2, 0.25) is 0 Å². The number of nitrogens with zero attached hydrogens (tertiary/aromatic N) is 5. The highest BCUT2D eigenvalue weighted by atomic mass is 16.7. The molecule has 0 aromatic carbocycles. The van der Waals surface area contributed by atoms with Gasteiger partial charge in [0.15, 0.2) is 0 Å². The molecule has 118 valence electrons. The molecule has 3 heterocycles. The van der Waals surface area contributed by atoms with Gasteiger partial charge in [-0.1, -0.05) is 11.3 Å². The van der Waals surface area contributed by atoms with E-state index in [1.165, 1.54) is 30.4 Å². The molecule has 22 heavy (non-hydrogen) atoms. The highest BCUT2D eigenvalue weighted by Gasteiger charge is 2.33. The van der Waals surface area contributed by atoms with E-state index in [9.17, 15) is 4.79 Å². The second-order valence-electron chi connectivity index (χ2n) is 6.42. The summed E-state index contributed by atoms with van der Waals surface area (Å²) in [6.45, 7) is 6.61. The van der Waals surface area contributed by atoms with E-state index in [1.807, 2.05) is 13.8 Å². The molecule has 7 nitrogen and oxygen atoms in total. The van der Waals surface area contributed by atoms with Crippen molar-refractivity contribution in [1.29, 1.82) is 0 Å². The quantitative estimate of drug-likeness (QED) is 0.847. The maximum absolute atomic E-state index is 12.5. The standard InChI is InChI=1S/C15H21N5O2/c1-15(2,10-19-6-4-3-5-7-19)14(21)22-20-13-12(9-18-20)8-16-11-17-13/h8-9,11H,3-7,10H2,1-2H3. The van der Waals surface area contributed by atoms with Gasteiger partial charge in [-0.25, -0.2) is 14.8 Å². The molecular weight excluding hydrogens is 282 g/mol. The lowest BCUT2D eigenvalue weighted by Crippen LogP contribution is -2.44. The van der Waals surface area contributed by atoms with Gasteiger partial charge in [0, 0.05) is 12.7 Å². The molecule has 0 spiro atoms. The summed E-state index contributed by atoms with van der Waals surface area (Å²) < 4.78 is 0. The van der Waals surface area contributed by atoms with Gasteiger partial charge in [-0.05, 0) is 39.8 Å². The van der Waals surface area contributed by atoms with E-state index in [0.717, 1.165) is 18.5 Å². The fourth-order valence-corrected chi connectivity index (χ4v) is 2.76. The third-order valence-electron chi connectivity index (χ3n) is 3.99. The number of hydrogen-bond acceptors (Lipinski definition) is 6. The topological polar surface area (TPSA) is 73.1 Å². The highest BCUT2D eigenvalue weighted by Crippen LogP contribution is 2.21. The molecule has 2 aromatic heterocycles. The van der Waals surface area contributed by atoms with Gasteiger partial charge in [0.25, 0.3) is 0 Å². The summed E-state index contributed by atoms with van der Waals surface area (Å²) in [7, 11) is 0. The van der Waals surface area contributed by atoms with Gasteiger partial charge in [0.2, 0.25) is 5.65 Å². The fraction of sp³-hybridized carbons (Fsp3) is 0.600. The Morgan fingerprint density at radius 1 is 1.27 bits per heavy atom. The first-order chi connectivity index (χ1) is 10.6. The number of rotatable bonds is 4. The lowest BCUT2D eigenvalue weighted by Gasteiger charge is -2.33. The van der Waals surface area contributed by atoms with Crippen molar-refractivity contribution in [2.45, 2.75) is 33.1 Å². The molecule has 7 heteroatoms. The van der Waals surface area contributed by atoms with Gasteiger partial charge in [0.05, 0.1) is 17.0 Å². The van der Waals surface area contributed by atoms with Crippen LogP contribution in [0.4, 0.5) is 0 Å². The van der Waals surface area contributed by atoms with Crippen molar-refractivity contribution in [3.63, 3.8) is 0 Å². The summed E-state index contributed by atoms with van der Waals surface area (Å²) in [6, 6.07) is 0. The van der Waals surface area contributed by atoms with Crippen LogP contribution >= 0.6 is 0 Å². The molecule has 1 aliphatic heterocycles. The van der Waals surface area contributed by atoms with Crippen LogP contribution in [0, 0.1) is 5.41 Å². The minimum Gasteiger partial charge on any atom is -0.317 e. The minimum absolute atomic E-state index is 0.304. The molecule has 1 saturated heterocycles. The van der Waals surface area contributed by atoms with Crippen LogP contribution in [0.3, 0.4) is 0 Å². The molecule has 2 aromatic rings. The SMILES string of the molecule is CC(C)(CN1CCCCC1)C(=O)On1ncc2cncnc21. The summed E-state index contributed by atoms with van der Waals surface area (Å²) in [5.74, 6) is -0.304. The van der Waals surface area contributed by atoms with Gasteiger partial charge in [-0.2, -0.15) is 0 Å². The second-order valence-corrected chi connectivity index (χ2v) is 6.42. The lowest BCUT2D eigenvalue weighted by atomic mass is 9.92. The Bertz CT molecular complexity index is 661. The lowest BCUT2D eigenvalue weighted by molar-refractivity contribution is -0.156. The first-order valence-electron chi connectivity index (χ1n) is 7.65. The zero-order valence-electron chi connectivity index (χ0n) is 13.0. The first kappa shape index (κ1) is 14.9. The van der Waals surface area contributed by atoms with Crippen molar-refractivity contribution >= 4 is 17.0 Å². The Hall–Kier alpha value is -2.02. The summed E-state index contributed by atoms with van der Waals surface area (Å²) in [4.78, 5) is 29.4. The Labute approximate surface area is 129 Å². The number of fused-ring (bicyclic) bond motifs is 1. The van der Waals surface area contributed by atoms with E-state index < -0.39 is 5.41 Å². The van der Waals surface area contributed by atoms with E-state index in [-0.39, 0.29) is 5.97 Å². The summed E-state index contributed by atoms with van der Waals surface area (Å²) in [5, 5.41) is 4.79. The molecule has 0 saturated carbocycles. The Balaban J connectivity index is 1.69. The van der Waals surface area contributed by atoms with Crippen molar-refractivity contribution < 1.29 is 9.63 Å². The van der Waals surface area contributed by atoms with Crippen molar-refractivity contribution in [2.75, 3.05) is 19.6 Å². The zero-order valence-corrected chi connectivity index (χ0v) is 13.0. The molecule has 1 aliphatic rings. The van der Waals surface area contributed by atoms with E-state index in [0.29, 0.717) is 12.2 Å². The van der Waals surface area contributed by atoms with E-state index in [1.54, 1.807) is 12.4 Å². The molecule has 0 N–H and O–H groups in total. The molecule has 0 unspecified atom stereocenters. The molecule has 0 radical (unpaired) electrons. The van der Waals surface area contributed by atoms with Crippen LogP contribution in [0.25, 0.3) is 11.0 Å². The van der Waals surface area contributed by atoms with E-state index in [4.69, 9.17) is 4.84 Å². The van der Waals surface area contributed by atoms with E-state index in [2.05, 4.69) is 20.0 Å². The largest absolute Gasteiger partial charge is 0.341 e. The Morgan fingerprint density at radius 3 is 2.82 bits per heavy atom. The number of carbonyl (C=O) groups is 1. The third kappa shape index (κ3) is 3.09. The first-order valence-corrected chi connectivity index (χ1v) is 7.65. The number of carbonyl (C=O) groups excluding carboxylic acids is 1. The maximum atomic E-state index is 12.5. The van der Waals surface area contributed by atoms with Crippen LogP contribution in [0.15, 0.2) is 18.7 Å². The molecule has 0 amide bonds. The van der Waals surface area contributed by atoms with Gasteiger partial charge in [-0.3, -0.25) is 0 Å². The fourth-order valence-electron chi connectivity index (χ4n) is 2.76. The summed E-state index contributed by atoms with van der Waals surface area (Å²) in [5.41, 5.74) is -0.0973. The smallest absolute Gasteiger partial charge is 0.317 e. The monoisotopic (exact) mass is 303 g/mol. The number of aromatic nitrogens is 4. The zero-order chi connectivity index (χ0) is 15.6. The normalized spacial score (nSPS) is 16.8. The Morgan fingerprint density at radius 2 is 2.05 bits per heavy atom. The molecule has 1 fully saturated rings. The summed E-state index contributed by atoms with van der Waals surface area (Å²) >= 11 is 0. The van der Waals surface area contributed by atoms with Crippen molar-refractivity contribution in [3.05, 3.63) is 18.7 Å². The van der Waals surface area contributed by atoms with E-state index >= 15 is 0 Å². The van der Waals surface area contributed by atoms with Crippen LogP contribution in [0.5, 0.6) is 0 Å². The molecule has 0 atom stereocenters. The predicted molar refractivity (Wildman–Crippen MR) is 81.0 cm³/mol. The van der Waals surface area contributed by atoms with Crippen LogP contribution in [0.1, 0.15) is 33.1 Å². The number of hydrogen-bond donors (Lipinski definition) is 0. The average Bonchev–Trinajstić information content (AvgIpc) is 2.91. The Kier molecular flexibility index (Phi) is 4.06. The van der Waals surface area contributed by atoms with Crippen molar-refractivity contribution in [2.24, 2.45) is 5.41 Å². The second kappa shape index (κ2) is 6.00. The van der Waals surface area contributed by atoms with Gasteiger partial charge in [-0.15, -0.1) is 5.10 Å². The van der Waals surface area contributed by atoms with Crippen LogP contribution in [-0.2, 0) is 4.79 Å². The molecule has 0 aliphatic carbocycles. The van der Waals surface area contributed by atoms with Crippen LogP contribution < -0.4 is 4.84 Å². The molecule has 0 bridgehead atoms. The number of likely N-dealkylation sites (tertiary alicyclic amines) is 1.